The second-order valence-electron chi connectivity index (χ2n) is 6.75. The van der Waals surface area contributed by atoms with E-state index in [4.69, 9.17) is 9.52 Å². The number of carboxylic acids is 1. The summed E-state index contributed by atoms with van der Waals surface area (Å²) >= 11 is 0. The minimum Gasteiger partial charge on any atom is -0.478 e. The van der Waals surface area contributed by atoms with E-state index in [2.05, 4.69) is 5.32 Å². The number of benzene rings is 3. The molecule has 0 aliphatic rings. The van der Waals surface area contributed by atoms with E-state index in [-0.39, 0.29) is 18.0 Å². The summed E-state index contributed by atoms with van der Waals surface area (Å²) in [6.07, 6.45) is 0. The van der Waals surface area contributed by atoms with E-state index in [1.165, 1.54) is 12.1 Å². The summed E-state index contributed by atoms with van der Waals surface area (Å²) in [6.45, 7) is 0.251. The second-order valence-corrected chi connectivity index (χ2v) is 6.75. The molecule has 0 unspecified atom stereocenters. The zero-order valence-corrected chi connectivity index (χ0v) is 15.8. The number of hydrogen-bond acceptors (Lipinski definition) is 4. The fraction of sp³-hybridized carbons (Fsp3) is 0.0417. The summed E-state index contributed by atoms with van der Waals surface area (Å²) < 4.78 is 5.38. The van der Waals surface area contributed by atoms with Crippen LogP contribution in [-0.2, 0) is 6.54 Å². The second kappa shape index (κ2) is 8.05. The van der Waals surface area contributed by atoms with Gasteiger partial charge in [0.05, 0.1) is 11.1 Å². The molecule has 0 aliphatic carbocycles. The summed E-state index contributed by atoms with van der Waals surface area (Å²) in [6, 6.07) is 22.0. The van der Waals surface area contributed by atoms with Gasteiger partial charge in [0.2, 0.25) is 0 Å². The third-order valence-corrected chi connectivity index (χ3v) is 4.73. The maximum absolute atomic E-state index is 12.6. The van der Waals surface area contributed by atoms with E-state index in [1.807, 2.05) is 12.1 Å². The highest BCUT2D eigenvalue weighted by atomic mass is 16.4. The maximum atomic E-state index is 12.6. The molecule has 4 aromatic rings. The molecule has 3 aromatic carbocycles. The smallest absolute Gasteiger partial charge is 0.344 e. The number of carbonyl (C=O) groups excluding carboxylic acids is 1. The molecule has 6 heteroatoms. The summed E-state index contributed by atoms with van der Waals surface area (Å²) in [5, 5.41) is 12.5. The van der Waals surface area contributed by atoms with Gasteiger partial charge in [-0.2, -0.15) is 0 Å². The Morgan fingerprint density at radius 1 is 0.867 bits per heavy atom. The van der Waals surface area contributed by atoms with E-state index in [0.29, 0.717) is 22.3 Å². The molecule has 0 saturated carbocycles. The van der Waals surface area contributed by atoms with Crippen molar-refractivity contribution in [3.63, 3.8) is 0 Å². The van der Waals surface area contributed by atoms with Gasteiger partial charge in [0.15, 0.2) is 0 Å². The molecule has 0 saturated heterocycles. The van der Waals surface area contributed by atoms with Gasteiger partial charge < -0.3 is 14.8 Å². The van der Waals surface area contributed by atoms with E-state index >= 15 is 0 Å². The number of carboxylic acid groups (broad SMARTS) is 1. The van der Waals surface area contributed by atoms with Crippen molar-refractivity contribution in [1.29, 1.82) is 0 Å². The van der Waals surface area contributed by atoms with Gasteiger partial charge in [-0.25, -0.2) is 9.59 Å². The van der Waals surface area contributed by atoms with Crippen molar-refractivity contribution in [3.05, 3.63) is 106 Å². The van der Waals surface area contributed by atoms with E-state index in [9.17, 15) is 14.4 Å². The van der Waals surface area contributed by atoms with Crippen LogP contribution in [0.3, 0.4) is 0 Å². The van der Waals surface area contributed by atoms with Crippen molar-refractivity contribution in [3.8, 4) is 11.1 Å². The molecule has 4 rings (SSSR count). The standard InChI is InChI=1S/C24H17NO5/c26-22(25-14-15-8-10-16(11-9-15)23(27)28)19-6-3-5-17(12-19)20-13-18-4-1-2-7-21(18)30-24(20)29/h1-13H,14H2,(H,25,26)(H,27,28). The number of amides is 1. The predicted octanol–water partition coefficient (Wildman–Crippen LogP) is 4.09. The molecule has 1 amide bonds. The van der Waals surface area contributed by atoms with Gasteiger partial charge in [0.1, 0.15) is 5.58 Å². The quantitative estimate of drug-likeness (QED) is 0.493. The molecular weight excluding hydrogens is 382 g/mol. The largest absolute Gasteiger partial charge is 0.478 e. The minimum atomic E-state index is -0.999. The van der Waals surface area contributed by atoms with Gasteiger partial charge in [-0.05, 0) is 47.5 Å². The third-order valence-electron chi connectivity index (χ3n) is 4.73. The van der Waals surface area contributed by atoms with Crippen LogP contribution in [-0.4, -0.2) is 17.0 Å². The molecule has 0 radical (unpaired) electrons. The van der Waals surface area contributed by atoms with Crippen molar-refractivity contribution in [2.45, 2.75) is 6.54 Å². The van der Waals surface area contributed by atoms with Gasteiger partial charge in [-0.1, -0.05) is 42.5 Å². The Bertz CT molecular complexity index is 1310. The van der Waals surface area contributed by atoms with Crippen LogP contribution in [0.5, 0.6) is 0 Å². The zero-order chi connectivity index (χ0) is 21.1. The fourth-order valence-electron chi connectivity index (χ4n) is 3.14. The Balaban J connectivity index is 1.54. The lowest BCUT2D eigenvalue weighted by molar-refractivity contribution is 0.0696. The highest BCUT2D eigenvalue weighted by Gasteiger charge is 2.11. The summed E-state index contributed by atoms with van der Waals surface area (Å²) in [4.78, 5) is 35.9. The number of carbonyl (C=O) groups is 2. The van der Waals surface area contributed by atoms with Gasteiger partial charge in [-0.3, -0.25) is 4.79 Å². The molecule has 148 valence electrons. The topological polar surface area (TPSA) is 96.6 Å². The highest BCUT2D eigenvalue weighted by molar-refractivity contribution is 5.95. The van der Waals surface area contributed by atoms with Crippen molar-refractivity contribution in [2.75, 3.05) is 0 Å². The Morgan fingerprint density at radius 2 is 1.63 bits per heavy atom. The molecule has 6 nitrogen and oxygen atoms in total. The van der Waals surface area contributed by atoms with Crippen LogP contribution in [0.15, 0.2) is 88.1 Å². The zero-order valence-electron chi connectivity index (χ0n) is 15.8. The molecule has 0 aliphatic heterocycles. The Hall–Kier alpha value is -4.19. The van der Waals surface area contributed by atoms with Crippen LogP contribution in [0, 0.1) is 0 Å². The molecule has 1 aromatic heterocycles. The Kier molecular flexibility index (Phi) is 5.13. The average molecular weight is 399 g/mol. The normalized spacial score (nSPS) is 10.7. The van der Waals surface area contributed by atoms with Gasteiger partial charge in [0.25, 0.3) is 5.91 Å². The Morgan fingerprint density at radius 3 is 2.40 bits per heavy atom. The van der Waals surface area contributed by atoms with E-state index in [1.54, 1.807) is 54.6 Å². The van der Waals surface area contributed by atoms with Crippen LogP contribution in [0.2, 0.25) is 0 Å². The van der Waals surface area contributed by atoms with Crippen molar-refractivity contribution in [2.24, 2.45) is 0 Å². The summed E-state index contributed by atoms with van der Waals surface area (Å²) in [5.74, 6) is -1.30. The van der Waals surface area contributed by atoms with E-state index in [0.717, 1.165) is 10.9 Å². The fourth-order valence-corrected chi connectivity index (χ4v) is 3.14. The number of rotatable bonds is 5. The molecule has 0 fully saturated rings. The highest BCUT2D eigenvalue weighted by Crippen LogP contribution is 2.22. The van der Waals surface area contributed by atoms with Crippen LogP contribution < -0.4 is 10.9 Å². The molecular formula is C24H17NO5. The SMILES string of the molecule is O=C(O)c1ccc(CNC(=O)c2cccc(-c3cc4ccccc4oc3=O)c2)cc1. The first kappa shape index (κ1) is 19.1. The van der Waals surface area contributed by atoms with E-state index < -0.39 is 11.6 Å². The molecule has 1 heterocycles. The number of nitrogens with one attached hydrogen (secondary N) is 1. The first-order chi connectivity index (χ1) is 14.5. The number of fused-ring (bicyclic) bond motifs is 1. The number of hydrogen-bond donors (Lipinski definition) is 2. The molecule has 2 N–H and O–H groups in total. The predicted molar refractivity (Wildman–Crippen MR) is 112 cm³/mol. The first-order valence-electron chi connectivity index (χ1n) is 9.25. The number of para-hydroxylation sites is 1. The van der Waals surface area contributed by atoms with Gasteiger partial charge in [0, 0.05) is 17.5 Å². The monoisotopic (exact) mass is 399 g/mol. The summed E-state index contributed by atoms with van der Waals surface area (Å²) in [7, 11) is 0. The number of aromatic carboxylic acids is 1. The lowest BCUT2D eigenvalue weighted by atomic mass is 10.0. The summed E-state index contributed by atoms with van der Waals surface area (Å²) in [5.41, 5.74) is 2.38. The van der Waals surface area contributed by atoms with Gasteiger partial charge >= 0.3 is 11.6 Å². The lowest BCUT2D eigenvalue weighted by Crippen LogP contribution is -2.22. The maximum Gasteiger partial charge on any atom is 0.344 e. The van der Waals surface area contributed by atoms with Gasteiger partial charge in [-0.15, -0.1) is 0 Å². The van der Waals surface area contributed by atoms with Crippen LogP contribution in [0.4, 0.5) is 0 Å². The van der Waals surface area contributed by atoms with Crippen LogP contribution in [0.25, 0.3) is 22.1 Å². The molecule has 30 heavy (non-hydrogen) atoms. The van der Waals surface area contributed by atoms with Crippen molar-refractivity contribution in [1.82, 2.24) is 5.32 Å². The average Bonchev–Trinajstić information content (AvgIpc) is 2.77. The van der Waals surface area contributed by atoms with Crippen molar-refractivity contribution < 1.29 is 19.1 Å². The third kappa shape index (κ3) is 3.98. The first-order valence-corrected chi connectivity index (χ1v) is 9.25. The molecule has 0 bridgehead atoms. The lowest BCUT2D eigenvalue weighted by Gasteiger charge is -2.08. The van der Waals surface area contributed by atoms with Crippen LogP contribution >= 0.6 is 0 Å². The Labute approximate surface area is 171 Å². The van der Waals surface area contributed by atoms with Crippen LogP contribution in [0.1, 0.15) is 26.3 Å². The van der Waals surface area contributed by atoms with Crippen molar-refractivity contribution >= 4 is 22.8 Å². The minimum absolute atomic E-state index is 0.187. The molecule has 0 spiro atoms. The molecule has 0 atom stereocenters.